The van der Waals surface area contributed by atoms with Crippen molar-refractivity contribution in [3.63, 3.8) is 0 Å². The molecule has 10 heteroatoms. The molecule has 9 nitrogen and oxygen atoms in total. The molecule has 0 saturated carbocycles. The summed E-state index contributed by atoms with van der Waals surface area (Å²) in [4.78, 5) is 40.3. The number of carbonyl (C=O) groups excluding carboxylic acids is 2. The molecule has 1 N–H and O–H groups in total. The van der Waals surface area contributed by atoms with Crippen molar-refractivity contribution in [2.75, 3.05) is 40.9 Å². The molecule has 0 fully saturated rings. The highest BCUT2D eigenvalue weighted by Crippen LogP contribution is 2.38. The maximum Gasteiger partial charge on any atom is 0.306 e. The Morgan fingerprint density at radius 3 is 0.966 bits per heavy atom. The molecule has 520 valence electrons. The van der Waals surface area contributed by atoms with Gasteiger partial charge < -0.3 is 28.5 Å². The zero-order chi connectivity index (χ0) is 64.2. The number of ether oxygens (including phenoxy) is 1. The summed E-state index contributed by atoms with van der Waals surface area (Å²) in [6.07, 6.45) is 85.7. The van der Waals surface area contributed by atoms with Crippen molar-refractivity contribution in [1.29, 1.82) is 0 Å². The molecule has 3 unspecified atom stereocenters. The summed E-state index contributed by atoms with van der Waals surface area (Å²) in [5, 5.41) is 3.06. The Morgan fingerprint density at radius 2 is 0.659 bits per heavy atom. The molecular formula is C78H151N2O7P. The van der Waals surface area contributed by atoms with Crippen LogP contribution < -0.4 is 10.2 Å². The van der Waals surface area contributed by atoms with Crippen LogP contribution in [0.1, 0.15) is 400 Å². The molecule has 0 bridgehead atoms. The molecule has 3 atom stereocenters. The van der Waals surface area contributed by atoms with Gasteiger partial charge in [0.2, 0.25) is 5.91 Å². The van der Waals surface area contributed by atoms with Crippen molar-refractivity contribution >= 4 is 19.7 Å². The standard InChI is InChI=1S/C78H151N2O7P/c1-7-10-13-16-19-22-25-28-30-32-34-36-38-39-40-41-43-45-47-49-51-53-56-59-62-65-68-71-78(82)87-76(69-66-63-60-57-54-27-24-21-18-15-12-9-3)75(74-86-88(83,84)85-73-72-80(4,5)6)79-77(81)70-67-64-61-58-55-52-50-48-46-44-42-37-35-33-31-29-26-23-20-17-14-11-8-2/h28-31,66,69,75-76H,7-27,32-65,67-68,70-74H2,1-6H3,(H-,79,81,83,84)/b30-28+,31-29+,69-66+. The van der Waals surface area contributed by atoms with Crippen LogP contribution in [0.15, 0.2) is 36.5 Å². The van der Waals surface area contributed by atoms with E-state index in [1.165, 1.54) is 308 Å². The van der Waals surface area contributed by atoms with Crippen LogP contribution in [0.3, 0.4) is 0 Å². The van der Waals surface area contributed by atoms with E-state index < -0.39 is 20.0 Å². The number of nitrogens with one attached hydrogen (secondary N) is 1. The van der Waals surface area contributed by atoms with E-state index in [4.69, 9.17) is 13.8 Å². The lowest BCUT2D eigenvalue weighted by Crippen LogP contribution is -2.47. The molecule has 88 heavy (non-hydrogen) atoms. The predicted octanol–water partition coefficient (Wildman–Crippen LogP) is 24.3. The Bertz CT molecular complexity index is 1600. The van der Waals surface area contributed by atoms with E-state index in [0.29, 0.717) is 17.4 Å². The number of carbonyl (C=O) groups is 2. The molecule has 0 aromatic heterocycles. The summed E-state index contributed by atoms with van der Waals surface area (Å²) in [6, 6.07) is -0.886. The van der Waals surface area contributed by atoms with Crippen LogP contribution >= 0.6 is 7.82 Å². The topological polar surface area (TPSA) is 114 Å². The molecule has 0 spiro atoms. The average Bonchev–Trinajstić information content (AvgIpc) is 3.61. The number of phosphoric ester groups is 1. The van der Waals surface area contributed by atoms with Gasteiger partial charge in [-0.1, -0.05) is 340 Å². The van der Waals surface area contributed by atoms with Crippen LogP contribution in [0.5, 0.6) is 0 Å². The predicted molar refractivity (Wildman–Crippen MR) is 381 cm³/mol. The maximum absolute atomic E-state index is 13.6. The largest absolute Gasteiger partial charge is 0.756 e. The third-order valence-corrected chi connectivity index (χ3v) is 18.8. The quantitative estimate of drug-likeness (QED) is 0.0212. The van der Waals surface area contributed by atoms with Crippen molar-refractivity contribution in [2.45, 2.75) is 412 Å². The molecule has 0 aliphatic rings. The summed E-state index contributed by atoms with van der Waals surface area (Å²) >= 11 is 0. The lowest BCUT2D eigenvalue weighted by Gasteiger charge is -2.30. The van der Waals surface area contributed by atoms with E-state index in [2.05, 4.69) is 50.4 Å². The minimum atomic E-state index is -4.70. The van der Waals surface area contributed by atoms with Gasteiger partial charge in [0.15, 0.2) is 0 Å². The Kier molecular flexibility index (Phi) is 66.7. The van der Waals surface area contributed by atoms with Gasteiger partial charge in [-0.15, -0.1) is 0 Å². The number of unbranched alkanes of at least 4 members (excludes halogenated alkanes) is 52. The van der Waals surface area contributed by atoms with Crippen LogP contribution in [-0.4, -0.2) is 69.4 Å². The first-order chi connectivity index (χ1) is 42.9. The van der Waals surface area contributed by atoms with Gasteiger partial charge in [-0.25, -0.2) is 0 Å². The van der Waals surface area contributed by atoms with Crippen molar-refractivity contribution in [3.8, 4) is 0 Å². The number of hydrogen-bond acceptors (Lipinski definition) is 7. The van der Waals surface area contributed by atoms with E-state index in [-0.39, 0.29) is 31.5 Å². The number of allylic oxidation sites excluding steroid dienone is 5. The number of esters is 1. The third-order valence-electron chi connectivity index (χ3n) is 17.8. The number of hydrogen-bond donors (Lipinski definition) is 1. The summed E-state index contributed by atoms with van der Waals surface area (Å²) in [5.41, 5.74) is 0. The Morgan fingerprint density at radius 1 is 0.386 bits per heavy atom. The van der Waals surface area contributed by atoms with Gasteiger partial charge in [-0.3, -0.25) is 14.2 Å². The first kappa shape index (κ1) is 86.2. The van der Waals surface area contributed by atoms with Gasteiger partial charge in [0.25, 0.3) is 7.82 Å². The number of likely N-dealkylation sites (N-methyl/N-ethyl adjacent to an activating group) is 1. The Labute approximate surface area is 548 Å². The Balaban J connectivity index is 4.92. The minimum Gasteiger partial charge on any atom is -0.756 e. The highest BCUT2D eigenvalue weighted by atomic mass is 31.2. The fourth-order valence-electron chi connectivity index (χ4n) is 11.8. The molecule has 1 amide bonds. The van der Waals surface area contributed by atoms with Crippen LogP contribution in [0.25, 0.3) is 0 Å². The van der Waals surface area contributed by atoms with Crippen molar-refractivity contribution in [2.24, 2.45) is 0 Å². The molecule has 0 aliphatic carbocycles. The molecular weight excluding hydrogens is 1110 g/mol. The second kappa shape index (κ2) is 68.1. The zero-order valence-electron chi connectivity index (χ0n) is 59.7. The summed E-state index contributed by atoms with van der Waals surface area (Å²) in [5.74, 6) is -0.518. The van der Waals surface area contributed by atoms with E-state index in [1.807, 2.05) is 33.3 Å². The second-order valence-electron chi connectivity index (χ2n) is 27.9. The highest BCUT2D eigenvalue weighted by Gasteiger charge is 2.27. The van der Waals surface area contributed by atoms with E-state index in [1.54, 1.807) is 0 Å². The summed E-state index contributed by atoms with van der Waals surface area (Å²) in [6.45, 7) is 6.91. The van der Waals surface area contributed by atoms with Gasteiger partial charge >= 0.3 is 5.97 Å². The number of nitrogens with zero attached hydrogens (tertiary/aromatic N) is 1. The number of rotatable bonds is 72. The lowest BCUT2D eigenvalue weighted by molar-refractivity contribution is -0.870. The lowest BCUT2D eigenvalue weighted by atomic mass is 10.0. The molecule has 0 aliphatic heterocycles. The average molecular weight is 1260 g/mol. The smallest absolute Gasteiger partial charge is 0.306 e. The minimum absolute atomic E-state index is 0.0190. The first-order valence-corrected chi connectivity index (χ1v) is 40.3. The molecule has 0 saturated heterocycles. The van der Waals surface area contributed by atoms with Crippen LogP contribution in [-0.2, 0) is 27.9 Å². The van der Waals surface area contributed by atoms with E-state index in [0.717, 1.165) is 57.8 Å². The molecule has 0 aromatic carbocycles. The van der Waals surface area contributed by atoms with Crippen molar-refractivity contribution < 1.29 is 37.3 Å². The van der Waals surface area contributed by atoms with Gasteiger partial charge in [-0.2, -0.15) is 0 Å². The van der Waals surface area contributed by atoms with Crippen LogP contribution in [0.4, 0.5) is 0 Å². The van der Waals surface area contributed by atoms with E-state index in [9.17, 15) is 19.0 Å². The van der Waals surface area contributed by atoms with Crippen LogP contribution in [0, 0.1) is 0 Å². The van der Waals surface area contributed by atoms with Crippen molar-refractivity contribution in [1.82, 2.24) is 5.32 Å². The zero-order valence-corrected chi connectivity index (χ0v) is 60.6. The molecule has 0 aromatic rings. The normalized spacial score (nSPS) is 13.6. The number of amides is 1. The number of phosphoric acid groups is 1. The third kappa shape index (κ3) is 68.6. The van der Waals surface area contributed by atoms with Gasteiger partial charge in [-0.05, 0) is 83.1 Å². The molecule has 0 radical (unpaired) electrons. The van der Waals surface area contributed by atoms with Gasteiger partial charge in [0.1, 0.15) is 19.3 Å². The van der Waals surface area contributed by atoms with Crippen LogP contribution in [0.2, 0.25) is 0 Å². The fourth-order valence-corrected chi connectivity index (χ4v) is 12.5. The first-order valence-electron chi connectivity index (χ1n) is 38.8. The second-order valence-corrected chi connectivity index (χ2v) is 29.3. The monoisotopic (exact) mass is 1260 g/mol. The number of quaternary nitrogens is 1. The van der Waals surface area contributed by atoms with E-state index >= 15 is 0 Å². The fraction of sp³-hybridized carbons (Fsp3) is 0.897. The molecule has 0 heterocycles. The van der Waals surface area contributed by atoms with Gasteiger partial charge in [0, 0.05) is 12.8 Å². The van der Waals surface area contributed by atoms with Crippen molar-refractivity contribution in [3.05, 3.63) is 36.5 Å². The Hall–Kier alpha value is -1.77. The summed E-state index contributed by atoms with van der Waals surface area (Å²) < 4.78 is 30.5. The van der Waals surface area contributed by atoms with Gasteiger partial charge in [0.05, 0.1) is 33.8 Å². The maximum atomic E-state index is 13.6. The summed E-state index contributed by atoms with van der Waals surface area (Å²) in [7, 11) is 1.21. The SMILES string of the molecule is CCCCCCCC/C=C/CCCCCCCCCCCCCCCCCCCC(=O)OC(/C=C/CCCCCCCCCCCC)C(COP(=O)([O-])OCC[N+](C)(C)C)NC(=O)CCCCCCCCCCCCCCC/C=C/CCCCCCCC. The highest BCUT2D eigenvalue weighted by molar-refractivity contribution is 7.45. The molecule has 0 rings (SSSR count).